The molecule has 0 aromatic heterocycles. The van der Waals surface area contributed by atoms with Gasteiger partial charge in [-0.05, 0) is 13.1 Å². The Hall–Kier alpha value is -0.340. The monoisotopic (exact) mass is 143 g/mol. The van der Waals surface area contributed by atoms with Crippen molar-refractivity contribution in [2.75, 3.05) is 19.6 Å². The smallest absolute Gasteiger partial charge is 0.0845 e. The van der Waals surface area contributed by atoms with Crippen LogP contribution in [0.4, 0.5) is 0 Å². The Labute approximate surface area is 63.2 Å². The van der Waals surface area contributed by atoms with Crippen LogP contribution in [0.5, 0.6) is 0 Å². The third-order valence-electron chi connectivity index (χ3n) is 1.61. The largest absolute Gasteiger partial charge is 0.388 e. The highest BCUT2D eigenvalue weighted by atomic mass is 16.3. The van der Waals surface area contributed by atoms with E-state index in [1.807, 2.05) is 0 Å². The molecule has 0 aliphatic carbocycles. The van der Waals surface area contributed by atoms with E-state index in [0.717, 1.165) is 13.1 Å². The van der Waals surface area contributed by atoms with Gasteiger partial charge in [0.1, 0.15) is 0 Å². The maximum absolute atomic E-state index is 9.13. The van der Waals surface area contributed by atoms with E-state index in [0.29, 0.717) is 6.54 Å². The second-order valence-corrected chi connectivity index (χ2v) is 2.29. The average molecular weight is 143 g/mol. The first kappa shape index (κ1) is 9.66. The molecule has 1 unspecified atom stereocenters. The number of hydrogen-bond acceptors (Lipinski definition) is 2. The molecular formula is C8H17NO. The molecule has 0 spiro atoms. The first-order chi connectivity index (χ1) is 4.74. The Morgan fingerprint density at radius 1 is 1.50 bits per heavy atom. The lowest BCUT2D eigenvalue weighted by atomic mass is 10.3. The first-order valence-electron chi connectivity index (χ1n) is 3.77. The summed E-state index contributed by atoms with van der Waals surface area (Å²) in [5, 5.41) is 9.13. The fourth-order valence-electron chi connectivity index (χ4n) is 0.821. The van der Waals surface area contributed by atoms with Gasteiger partial charge in [-0.1, -0.05) is 19.9 Å². The van der Waals surface area contributed by atoms with Crippen molar-refractivity contribution in [2.45, 2.75) is 20.0 Å². The lowest BCUT2D eigenvalue weighted by Gasteiger charge is -2.19. The lowest BCUT2D eigenvalue weighted by Crippen LogP contribution is -2.30. The summed E-state index contributed by atoms with van der Waals surface area (Å²) in [7, 11) is 0. The summed E-state index contributed by atoms with van der Waals surface area (Å²) in [5.74, 6) is 0. The summed E-state index contributed by atoms with van der Waals surface area (Å²) >= 11 is 0. The van der Waals surface area contributed by atoms with Crippen LogP contribution in [0.1, 0.15) is 13.8 Å². The second-order valence-electron chi connectivity index (χ2n) is 2.29. The van der Waals surface area contributed by atoms with Crippen molar-refractivity contribution in [1.29, 1.82) is 0 Å². The topological polar surface area (TPSA) is 23.5 Å². The van der Waals surface area contributed by atoms with Gasteiger partial charge in [-0.25, -0.2) is 0 Å². The summed E-state index contributed by atoms with van der Waals surface area (Å²) in [6.45, 7) is 10.4. The predicted octanol–water partition coefficient (Wildman–Crippen LogP) is 0.875. The molecule has 2 nitrogen and oxygen atoms in total. The number of aliphatic hydroxyl groups excluding tert-OH is 1. The Kier molecular flexibility index (Phi) is 5.26. The molecule has 0 heterocycles. The molecule has 1 atom stereocenters. The van der Waals surface area contributed by atoms with E-state index in [2.05, 4.69) is 25.3 Å². The van der Waals surface area contributed by atoms with Gasteiger partial charge in [0.25, 0.3) is 0 Å². The molecule has 0 rings (SSSR count). The molecule has 0 saturated carbocycles. The van der Waals surface area contributed by atoms with Crippen LogP contribution in [0.2, 0.25) is 0 Å². The lowest BCUT2D eigenvalue weighted by molar-refractivity contribution is 0.155. The summed E-state index contributed by atoms with van der Waals surface area (Å²) in [4.78, 5) is 2.16. The highest BCUT2D eigenvalue weighted by molar-refractivity contribution is 4.80. The first-order valence-corrected chi connectivity index (χ1v) is 3.77. The Morgan fingerprint density at radius 3 is 2.30 bits per heavy atom. The van der Waals surface area contributed by atoms with E-state index in [1.54, 1.807) is 6.08 Å². The standard InChI is InChI=1S/C8H17NO/c1-4-8(10)7-9(5-2)6-3/h4,8,10H,1,5-7H2,2-3H3. The van der Waals surface area contributed by atoms with Crippen molar-refractivity contribution in [3.8, 4) is 0 Å². The van der Waals surface area contributed by atoms with E-state index >= 15 is 0 Å². The third-order valence-corrected chi connectivity index (χ3v) is 1.61. The minimum atomic E-state index is -0.375. The number of likely N-dealkylation sites (N-methyl/N-ethyl adjacent to an activating group) is 1. The van der Waals surface area contributed by atoms with Gasteiger partial charge in [-0.3, -0.25) is 0 Å². The van der Waals surface area contributed by atoms with Gasteiger partial charge in [-0.2, -0.15) is 0 Å². The van der Waals surface area contributed by atoms with Gasteiger partial charge in [0, 0.05) is 6.54 Å². The van der Waals surface area contributed by atoms with Crippen LogP contribution in [-0.4, -0.2) is 35.7 Å². The summed E-state index contributed by atoms with van der Waals surface area (Å²) < 4.78 is 0. The third kappa shape index (κ3) is 3.64. The molecular weight excluding hydrogens is 126 g/mol. The van der Waals surface area contributed by atoms with E-state index in [4.69, 9.17) is 5.11 Å². The van der Waals surface area contributed by atoms with Crippen molar-refractivity contribution in [1.82, 2.24) is 4.90 Å². The van der Waals surface area contributed by atoms with E-state index in [9.17, 15) is 0 Å². The summed E-state index contributed by atoms with van der Waals surface area (Å²) in [6, 6.07) is 0. The number of aliphatic hydroxyl groups is 1. The zero-order valence-corrected chi connectivity index (χ0v) is 6.88. The molecule has 1 N–H and O–H groups in total. The van der Waals surface area contributed by atoms with E-state index in [1.165, 1.54) is 0 Å². The van der Waals surface area contributed by atoms with Gasteiger partial charge in [0.2, 0.25) is 0 Å². The Morgan fingerprint density at radius 2 is 2.00 bits per heavy atom. The van der Waals surface area contributed by atoms with Gasteiger partial charge >= 0.3 is 0 Å². The maximum atomic E-state index is 9.13. The molecule has 0 amide bonds. The average Bonchev–Trinajstić information content (AvgIpc) is 1.99. The normalized spacial score (nSPS) is 13.6. The molecule has 0 aromatic carbocycles. The quantitative estimate of drug-likeness (QED) is 0.577. The predicted molar refractivity (Wildman–Crippen MR) is 44.0 cm³/mol. The number of hydrogen-bond donors (Lipinski definition) is 1. The van der Waals surface area contributed by atoms with Crippen LogP contribution < -0.4 is 0 Å². The van der Waals surface area contributed by atoms with Gasteiger partial charge in [0.15, 0.2) is 0 Å². The molecule has 10 heavy (non-hydrogen) atoms. The molecule has 0 bridgehead atoms. The molecule has 0 aromatic rings. The van der Waals surface area contributed by atoms with Gasteiger partial charge in [-0.15, -0.1) is 6.58 Å². The molecule has 0 aliphatic rings. The minimum Gasteiger partial charge on any atom is -0.388 e. The van der Waals surface area contributed by atoms with Crippen molar-refractivity contribution >= 4 is 0 Å². The molecule has 0 fully saturated rings. The molecule has 0 saturated heterocycles. The summed E-state index contributed by atoms with van der Waals surface area (Å²) in [6.07, 6.45) is 1.19. The zero-order chi connectivity index (χ0) is 7.98. The highest BCUT2D eigenvalue weighted by Crippen LogP contribution is 1.91. The van der Waals surface area contributed by atoms with E-state index in [-0.39, 0.29) is 6.10 Å². The Balaban J connectivity index is 3.51. The van der Waals surface area contributed by atoms with Crippen LogP contribution in [0.25, 0.3) is 0 Å². The highest BCUT2D eigenvalue weighted by Gasteiger charge is 2.03. The fraction of sp³-hybridized carbons (Fsp3) is 0.750. The van der Waals surface area contributed by atoms with Crippen LogP contribution in [0, 0.1) is 0 Å². The SMILES string of the molecule is C=CC(O)CN(CC)CC. The molecule has 0 radical (unpaired) electrons. The zero-order valence-electron chi connectivity index (χ0n) is 6.88. The number of nitrogens with zero attached hydrogens (tertiary/aromatic N) is 1. The van der Waals surface area contributed by atoms with Crippen molar-refractivity contribution < 1.29 is 5.11 Å². The number of rotatable bonds is 5. The van der Waals surface area contributed by atoms with Crippen molar-refractivity contribution in [3.05, 3.63) is 12.7 Å². The Bertz CT molecular complexity index is 89.3. The maximum Gasteiger partial charge on any atom is 0.0845 e. The summed E-state index contributed by atoms with van der Waals surface area (Å²) in [5.41, 5.74) is 0. The van der Waals surface area contributed by atoms with Crippen LogP contribution in [0.3, 0.4) is 0 Å². The van der Waals surface area contributed by atoms with Gasteiger partial charge < -0.3 is 10.0 Å². The van der Waals surface area contributed by atoms with Crippen molar-refractivity contribution in [3.63, 3.8) is 0 Å². The van der Waals surface area contributed by atoms with Crippen LogP contribution in [-0.2, 0) is 0 Å². The van der Waals surface area contributed by atoms with Crippen LogP contribution in [0.15, 0.2) is 12.7 Å². The van der Waals surface area contributed by atoms with E-state index < -0.39 is 0 Å². The molecule has 2 heteroatoms. The fourth-order valence-corrected chi connectivity index (χ4v) is 0.821. The van der Waals surface area contributed by atoms with Crippen LogP contribution >= 0.6 is 0 Å². The van der Waals surface area contributed by atoms with Gasteiger partial charge in [0.05, 0.1) is 6.10 Å². The molecule has 0 aliphatic heterocycles. The molecule has 60 valence electrons. The minimum absolute atomic E-state index is 0.375. The second kappa shape index (κ2) is 5.45. The van der Waals surface area contributed by atoms with Crippen molar-refractivity contribution in [2.24, 2.45) is 0 Å².